The number of non-ortho nitro benzene ring substituents is 1. The molecule has 1 aliphatic rings. The Hall–Kier alpha value is -5.10. The molecule has 0 spiro atoms. The number of amides is 4. The number of carbonyl (C=O) groups excluding carboxylic acids is 3. The third-order valence-electron chi connectivity index (χ3n) is 4.94. The van der Waals surface area contributed by atoms with Crippen molar-refractivity contribution in [3.05, 3.63) is 103 Å². The smallest absolute Gasteiger partial charge is 0.335 e. The quantitative estimate of drug-likeness (QED) is 0.218. The van der Waals surface area contributed by atoms with Crippen molar-refractivity contribution in [3.63, 3.8) is 0 Å². The standard InChI is InChI=1S/C23H13ClN4O8/c24-14-2-1-3-15(11-14)26-22(30)18(21(29)25-23(26)31)10-13-4-7-17(8-5-13)36-20-9-6-16(27(32)33)12-19(20)28(34)35/h1-12H,(H,25,29,31)/b18-10+. The van der Waals surface area contributed by atoms with Gasteiger partial charge in [-0.05, 0) is 48.0 Å². The Morgan fingerprint density at radius 3 is 2.28 bits per heavy atom. The largest absolute Gasteiger partial charge is 0.450 e. The van der Waals surface area contributed by atoms with E-state index in [4.69, 9.17) is 16.3 Å². The fourth-order valence-electron chi connectivity index (χ4n) is 3.28. The number of nitrogens with zero attached hydrogens (tertiary/aromatic N) is 3. The number of halogens is 1. The minimum atomic E-state index is -0.919. The maximum atomic E-state index is 12.9. The maximum absolute atomic E-state index is 12.9. The van der Waals surface area contributed by atoms with Gasteiger partial charge in [-0.2, -0.15) is 0 Å². The molecule has 1 aliphatic heterocycles. The zero-order valence-electron chi connectivity index (χ0n) is 17.9. The van der Waals surface area contributed by atoms with E-state index in [1.165, 1.54) is 42.5 Å². The lowest BCUT2D eigenvalue weighted by Gasteiger charge is -2.26. The Balaban J connectivity index is 1.59. The zero-order valence-corrected chi connectivity index (χ0v) is 18.7. The van der Waals surface area contributed by atoms with Gasteiger partial charge in [0.05, 0.1) is 21.6 Å². The Morgan fingerprint density at radius 2 is 1.64 bits per heavy atom. The number of ether oxygens (including phenoxy) is 1. The molecule has 4 rings (SSSR count). The van der Waals surface area contributed by atoms with Crippen LogP contribution in [0.25, 0.3) is 6.08 Å². The van der Waals surface area contributed by atoms with Crippen molar-refractivity contribution >= 4 is 52.6 Å². The van der Waals surface area contributed by atoms with E-state index in [9.17, 15) is 34.6 Å². The van der Waals surface area contributed by atoms with Crippen LogP contribution < -0.4 is 15.0 Å². The van der Waals surface area contributed by atoms with E-state index in [1.807, 2.05) is 0 Å². The van der Waals surface area contributed by atoms with Crippen LogP contribution in [0.15, 0.2) is 72.3 Å². The average Bonchev–Trinajstić information content (AvgIpc) is 2.82. The highest BCUT2D eigenvalue weighted by Gasteiger charge is 2.36. The third-order valence-corrected chi connectivity index (χ3v) is 5.17. The van der Waals surface area contributed by atoms with Gasteiger partial charge in [0.25, 0.3) is 17.5 Å². The Morgan fingerprint density at radius 1 is 0.917 bits per heavy atom. The predicted molar refractivity (Wildman–Crippen MR) is 127 cm³/mol. The van der Waals surface area contributed by atoms with Gasteiger partial charge in [-0.3, -0.25) is 35.1 Å². The van der Waals surface area contributed by atoms with Crippen molar-refractivity contribution in [2.45, 2.75) is 0 Å². The Bertz CT molecular complexity index is 1470. The number of benzene rings is 3. The van der Waals surface area contributed by atoms with Crippen LogP contribution in [0.2, 0.25) is 5.02 Å². The lowest BCUT2D eigenvalue weighted by molar-refractivity contribution is -0.394. The molecule has 180 valence electrons. The van der Waals surface area contributed by atoms with Gasteiger partial charge >= 0.3 is 11.7 Å². The first kappa shape index (κ1) is 24.0. The SMILES string of the molecule is O=C1NC(=O)N(c2cccc(Cl)c2)C(=O)/C1=C/c1ccc(Oc2ccc([N+](=O)[O-])cc2[N+](=O)[O-])cc1. The van der Waals surface area contributed by atoms with Gasteiger partial charge in [-0.25, -0.2) is 9.69 Å². The molecular formula is C23H13ClN4O8. The van der Waals surface area contributed by atoms with E-state index in [0.717, 1.165) is 23.1 Å². The van der Waals surface area contributed by atoms with E-state index >= 15 is 0 Å². The lowest BCUT2D eigenvalue weighted by atomic mass is 10.1. The van der Waals surface area contributed by atoms with Crippen LogP contribution in [-0.4, -0.2) is 27.7 Å². The highest BCUT2D eigenvalue weighted by molar-refractivity contribution is 6.39. The summed E-state index contributed by atoms with van der Waals surface area (Å²) in [7, 11) is 0. The number of imide groups is 2. The van der Waals surface area contributed by atoms with E-state index in [0.29, 0.717) is 10.6 Å². The number of nitro benzene ring substituents is 2. The summed E-state index contributed by atoms with van der Waals surface area (Å²) in [5, 5.41) is 24.6. The molecule has 0 saturated carbocycles. The molecule has 12 nitrogen and oxygen atoms in total. The highest BCUT2D eigenvalue weighted by atomic mass is 35.5. The van der Waals surface area contributed by atoms with Crippen molar-refractivity contribution in [2.24, 2.45) is 0 Å². The molecule has 36 heavy (non-hydrogen) atoms. The van der Waals surface area contributed by atoms with Gasteiger partial charge in [0.15, 0.2) is 0 Å². The van der Waals surface area contributed by atoms with Crippen molar-refractivity contribution in [1.82, 2.24) is 5.32 Å². The fraction of sp³-hybridized carbons (Fsp3) is 0. The average molecular weight is 509 g/mol. The van der Waals surface area contributed by atoms with Crippen molar-refractivity contribution in [1.29, 1.82) is 0 Å². The molecule has 4 amide bonds. The number of rotatable bonds is 6. The molecule has 1 heterocycles. The molecule has 0 aliphatic carbocycles. The summed E-state index contributed by atoms with van der Waals surface area (Å²) >= 11 is 5.95. The number of hydrogen-bond donors (Lipinski definition) is 1. The molecule has 1 fully saturated rings. The van der Waals surface area contributed by atoms with Gasteiger partial charge in [-0.15, -0.1) is 0 Å². The number of urea groups is 1. The monoisotopic (exact) mass is 508 g/mol. The summed E-state index contributed by atoms with van der Waals surface area (Å²) in [6.45, 7) is 0. The molecule has 0 aromatic heterocycles. The Labute approximate surface area is 206 Å². The summed E-state index contributed by atoms with van der Waals surface area (Å²) in [6, 6.07) is 13.8. The van der Waals surface area contributed by atoms with Crippen LogP contribution in [0.3, 0.4) is 0 Å². The third kappa shape index (κ3) is 4.88. The van der Waals surface area contributed by atoms with Crippen LogP contribution in [0.1, 0.15) is 5.56 Å². The van der Waals surface area contributed by atoms with Gasteiger partial charge in [0.1, 0.15) is 11.3 Å². The number of carbonyl (C=O) groups is 3. The molecule has 0 radical (unpaired) electrons. The van der Waals surface area contributed by atoms with Gasteiger partial charge in [0.2, 0.25) is 5.75 Å². The predicted octanol–water partition coefficient (Wildman–Crippen LogP) is 4.62. The normalized spacial score (nSPS) is 14.5. The summed E-state index contributed by atoms with van der Waals surface area (Å²) < 4.78 is 5.50. The minimum Gasteiger partial charge on any atom is -0.450 e. The maximum Gasteiger partial charge on any atom is 0.335 e. The van der Waals surface area contributed by atoms with Crippen molar-refractivity contribution in [2.75, 3.05) is 4.90 Å². The lowest BCUT2D eigenvalue weighted by Crippen LogP contribution is -2.54. The summed E-state index contributed by atoms with van der Waals surface area (Å²) in [5.74, 6) is -1.79. The second kappa shape index (κ2) is 9.64. The summed E-state index contributed by atoms with van der Waals surface area (Å²) in [6.07, 6.45) is 1.26. The van der Waals surface area contributed by atoms with E-state index < -0.39 is 39.1 Å². The summed E-state index contributed by atoms with van der Waals surface area (Å²) in [4.78, 5) is 58.9. The molecule has 1 saturated heterocycles. The topological polar surface area (TPSA) is 162 Å². The van der Waals surface area contributed by atoms with Crippen LogP contribution >= 0.6 is 11.6 Å². The van der Waals surface area contributed by atoms with Crippen LogP contribution in [0, 0.1) is 20.2 Å². The van der Waals surface area contributed by atoms with Crippen molar-refractivity contribution in [3.8, 4) is 11.5 Å². The van der Waals surface area contributed by atoms with Crippen molar-refractivity contribution < 1.29 is 29.0 Å². The summed E-state index contributed by atoms with van der Waals surface area (Å²) in [5.41, 5.74) is -0.798. The number of anilines is 1. The molecule has 0 bridgehead atoms. The second-order valence-corrected chi connectivity index (χ2v) is 7.71. The fourth-order valence-corrected chi connectivity index (χ4v) is 3.47. The first-order valence-corrected chi connectivity index (χ1v) is 10.4. The zero-order chi connectivity index (χ0) is 26.0. The number of barbiturate groups is 1. The minimum absolute atomic E-state index is 0.157. The van der Waals surface area contributed by atoms with E-state index in [2.05, 4.69) is 5.32 Å². The molecule has 0 atom stereocenters. The van der Waals surface area contributed by atoms with Crippen LogP contribution in [-0.2, 0) is 9.59 Å². The molecule has 3 aromatic rings. The van der Waals surface area contributed by atoms with Gasteiger partial charge < -0.3 is 4.74 Å². The first-order chi connectivity index (χ1) is 17.1. The number of nitro groups is 2. The molecular weight excluding hydrogens is 496 g/mol. The highest BCUT2D eigenvalue weighted by Crippen LogP contribution is 2.34. The van der Waals surface area contributed by atoms with E-state index in [1.54, 1.807) is 12.1 Å². The molecule has 0 unspecified atom stereocenters. The van der Waals surface area contributed by atoms with Crippen LogP contribution in [0.4, 0.5) is 21.9 Å². The first-order valence-electron chi connectivity index (χ1n) is 10.0. The van der Waals surface area contributed by atoms with Gasteiger partial charge in [0, 0.05) is 11.1 Å². The molecule has 1 N–H and O–H groups in total. The van der Waals surface area contributed by atoms with Gasteiger partial charge in [-0.1, -0.05) is 29.8 Å². The molecule has 3 aromatic carbocycles. The number of hydrogen-bond acceptors (Lipinski definition) is 8. The number of nitrogens with one attached hydrogen (secondary N) is 1. The second-order valence-electron chi connectivity index (χ2n) is 7.28. The Kier molecular flexibility index (Phi) is 6.44. The molecule has 13 heteroatoms. The van der Waals surface area contributed by atoms with E-state index in [-0.39, 0.29) is 22.8 Å². The van der Waals surface area contributed by atoms with Crippen LogP contribution in [0.5, 0.6) is 11.5 Å².